The highest BCUT2D eigenvalue weighted by molar-refractivity contribution is 5.91. The summed E-state index contributed by atoms with van der Waals surface area (Å²) in [6.07, 6.45) is 1.42. The third-order valence-electron chi connectivity index (χ3n) is 4.76. The van der Waals surface area contributed by atoms with Gasteiger partial charge in [-0.3, -0.25) is 9.69 Å². The van der Waals surface area contributed by atoms with Crippen molar-refractivity contribution in [1.29, 1.82) is 0 Å². The van der Waals surface area contributed by atoms with E-state index in [1.807, 2.05) is 0 Å². The Labute approximate surface area is 161 Å². The number of benzene rings is 1. The zero-order chi connectivity index (χ0) is 19.8. The number of rotatable bonds is 10. The number of hydrogen-bond donors (Lipinski definition) is 1. The van der Waals surface area contributed by atoms with E-state index in [4.69, 9.17) is 9.15 Å². The molecule has 6 heteroatoms. The minimum atomic E-state index is -0.246. The zero-order valence-corrected chi connectivity index (χ0v) is 17.0. The Kier molecular flexibility index (Phi) is 8.00. The lowest BCUT2D eigenvalue weighted by Crippen LogP contribution is -2.36. The van der Waals surface area contributed by atoms with Gasteiger partial charge in [-0.2, -0.15) is 0 Å². The van der Waals surface area contributed by atoms with E-state index in [1.54, 1.807) is 7.11 Å². The van der Waals surface area contributed by atoms with Crippen LogP contribution in [0.1, 0.15) is 48.3 Å². The van der Waals surface area contributed by atoms with Crippen molar-refractivity contribution < 1.29 is 13.9 Å². The first-order valence-electron chi connectivity index (χ1n) is 9.41. The number of nitrogens with zero attached hydrogens (tertiary/aromatic N) is 2. The van der Waals surface area contributed by atoms with Gasteiger partial charge in [0.1, 0.15) is 6.26 Å². The van der Waals surface area contributed by atoms with Gasteiger partial charge in [0.25, 0.3) is 5.91 Å². The largest absolute Gasteiger partial charge is 0.447 e. The highest BCUT2D eigenvalue weighted by Crippen LogP contribution is 2.18. The molecule has 0 saturated carbocycles. The van der Waals surface area contributed by atoms with Gasteiger partial charge in [0.15, 0.2) is 5.69 Å². The minimum Gasteiger partial charge on any atom is -0.447 e. The quantitative estimate of drug-likeness (QED) is 0.647. The lowest BCUT2D eigenvalue weighted by Gasteiger charge is -2.30. The summed E-state index contributed by atoms with van der Waals surface area (Å²) in [5.41, 5.74) is 2.80. The van der Waals surface area contributed by atoms with Gasteiger partial charge in [-0.1, -0.05) is 43.7 Å². The van der Waals surface area contributed by atoms with E-state index in [2.05, 4.69) is 67.2 Å². The number of ether oxygens (including phenoxy) is 1. The van der Waals surface area contributed by atoms with Gasteiger partial charge >= 0.3 is 0 Å². The second-order valence-corrected chi connectivity index (χ2v) is 7.25. The summed E-state index contributed by atoms with van der Waals surface area (Å²) in [5.74, 6) is 0.790. The van der Waals surface area contributed by atoms with Gasteiger partial charge in [-0.05, 0) is 25.3 Å². The van der Waals surface area contributed by atoms with Crippen LogP contribution in [0.5, 0.6) is 0 Å². The molecule has 1 atom stereocenters. The maximum Gasteiger partial charge on any atom is 0.273 e. The topological polar surface area (TPSA) is 67.6 Å². The van der Waals surface area contributed by atoms with Crippen LogP contribution in [0.15, 0.2) is 34.9 Å². The van der Waals surface area contributed by atoms with Crippen LogP contribution in [0.25, 0.3) is 0 Å². The normalized spacial score (nSPS) is 12.6. The van der Waals surface area contributed by atoms with Crippen LogP contribution in [-0.4, -0.2) is 42.1 Å². The van der Waals surface area contributed by atoms with E-state index in [9.17, 15) is 4.79 Å². The summed E-state index contributed by atoms with van der Waals surface area (Å²) in [4.78, 5) is 18.8. The van der Waals surface area contributed by atoms with Gasteiger partial charge in [0.2, 0.25) is 5.89 Å². The van der Waals surface area contributed by atoms with Crippen molar-refractivity contribution in [3.63, 3.8) is 0 Å². The maximum absolute atomic E-state index is 12.1. The predicted octanol–water partition coefficient (Wildman–Crippen LogP) is 3.41. The van der Waals surface area contributed by atoms with Crippen molar-refractivity contribution in [1.82, 2.24) is 15.2 Å². The van der Waals surface area contributed by atoms with Crippen molar-refractivity contribution in [3.8, 4) is 0 Å². The number of aryl methyl sites for hydroxylation is 1. The third kappa shape index (κ3) is 6.48. The molecule has 0 bridgehead atoms. The Balaban J connectivity index is 2.06. The highest BCUT2D eigenvalue weighted by atomic mass is 16.5. The zero-order valence-electron chi connectivity index (χ0n) is 17.0. The fourth-order valence-electron chi connectivity index (χ4n) is 2.71. The Hall–Kier alpha value is -2.18. The molecule has 6 nitrogen and oxygen atoms in total. The lowest BCUT2D eigenvalue weighted by atomic mass is 10.0. The monoisotopic (exact) mass is 373 g/mol. The summed E-state index contributed by atoms with van der Waals surface area (Å²) in [7, 11) is 1.60. The van der Waals surface area contributed by atoms with Gasteiger partial charge in [0, 0.05) is 26.2 Å². The third-order valence-corrected chi connectivity index (χ3v) is 4.76. The Morgan fingerprint density at radius 1 is 1.22 bits per heavy atom. The van der Waals surface area contributed by atoms with Crippen molar-refractivity contribution in [2.75, 3.05) is 20.3 Å². The van der Waals surface area contributed by atoms with Crippen molar-refractivity contribution in [3.05, 3.63) is 53.2 Å². The molecule has 2 rings (SSSR count). The number of oxazole rings is 1. The first kappa shape index (κ1) is 21.1. The molecule has 27 heavy (non-hydrogen) atoms. The summed E-state index contributed by atoms with van der Waals surface area (Å²) in [6.45, 7) is 11.0. The molecule has 0 saturated heterocycles. The van der Waals surface area contributed by atoms with Crippen LogP contribution in [-0.2, 0) is 17.8 Å². The molecule has 148 valence electrons. The molecule has 0 unspecified atom stereocenters. The van der Waals surface area contributed by atoms with E-state index in [-0.39, 0.29) is 5.91 Å². The predicted molar refractivity (Wildman–Crippen MR) is 105 cm³/mol. The van der Waals surface area contributed by atoms with Crippen LogP contribution in [0.4, 0.5) is 0 Å². The second kappa shape index (κ2) is 10.2. The molecule has 0 radical (unpaired) electrons. The molecule has 1 aromatic carbocycles. The maximum atomic E-state index is 12.1. The molecule has 0 aliphatic rings. The first-order valence-corrected chi connectivity index (χ1v) is 9.41. The van der Waals surface area contributed by atoms with Crippen LogP contribution in [0.2, 0.25) is 0 Å². The van der Waals surface area contributed by atoms with Crippen molar-refractivity contribution >= 4 is 5.91 Å². The summed E-state index contributed by atoms with van der Waals surface area (Å²) < 4.78 is 10.5. The molecular weight excluding hydrogens is 342 g/mol. The summed E-state index contributed by atoms with van der Waals surface area (Å²) in [5, 5.41) is 2.75. The molecular formula is C21H31N3O3. The van der Waals surface area contributed by atoms with Crippen molar-refractivity contribution in [2.45, 2.75) is 46.8 Å². The average molecular weight is 373 g/mol. The highest BCUT2D eigenvalue weighted by Gasteiger charge is 2.21. The number of carbonyl (C=O) groups is 1. The number of amides is 1. The number of hydrogen-bond acceptors (Lipinski definition) is 5. The Bertz CT molecular complexity index is 710. The molecule has 1 N–H and O–H groups in total. The van der Waals surface area contributed by atoms with Gasteiger partial charge in [-0.25, -0.2) is 4.98 Å². The van der Waals surface area contributed by atoms with E-state index in [1.165, 1.54) is 17.4 Å². The minimum absolute atomic E-state index is 0.246. The second-order valence-electron chi connectivity index (χ2n) is 7.25. The summed E-state index contributed by atoms with van der Waals surface area (Å²) in [6, 6.07) is 8.90. The van der Waals surface area contributed by atoms with Gasteiger partial charge in [-0.15, -0.1) is 0 Å². The molecule has 0 fully saturated rings. The Morgan fingerprint density at radius 3 is 2.56 bits per heavy atom. The molecule has 1 heterocycles. The summed E-state index contributed by atoms with van der Waals surface area (Å²) >= 11 is 0. The first-order chi connectivity index (χ1) is 12.9. The Morgan fingerprint density at radius 2 is 1.93 bits per heavy atom. The molecule has 0 aliphatic heterocycles. The fourth-order valence-corrected chi connectivity index (χ4v) is 2.71. The number of nitrogens with one attached hydrogen (secondary N) is 1. The standard InChI is InChI=1S/C21H31N3O3/c1-15(2)17(4)24(12-18-8-6-16(3)7-9-18)13-20-23-19(14-27-20)21(25)22-10-11-26-5/h6-9,14-15,17H,10-13H2,1-5H3,(H,22,25)/t17-/m0/s1. The molecule has 1 amide bonds. The van der Waals surface area contributed by atoms with Crippen LogP contribution in [0, 0.1) is 12.8 Å². The fraction of sp³-hybridized carbons (Fsp3) is 0.524. The van der Waals surface area contributed by atoms with Gasteiger partial charge < -0.3 is 14.5 Å². The van der Waals surface area contributed by atoms with Crippen molar-refractivity contribution in [2.24, 2.45) is 5.92 Å². The van der Waals surface area contributed by atoms with E-state index < -0.39 is 0 Å². The van der Waals surface area contributed by atoms with E-state index >= 15 is 0 Å². The van der Waals surface area contributed by atoms with Crippen LogP contribution < -0.4 is 5.32 Å². The molecule has 0 spiro atoms. The number of carbonyl (C=O) groups excluding carboxylic acids is 1. The van der Waals surface area contributed by atoms with E-state index in [0.29, 0.717) is 43.2 Å². The molecule has 0 aliphatic carbocycles. The molecule has 1 aromatic heterocycles. The van der Waals surface area contributed by atoms with Gasteiger partial charge in [0.05, 0.1) is 13.2 Å². The average Bonchev–Trinajstić information content (AvgIpc) is 3.11. The smallest absolute Gasteiger partial charge is 0.273 e. The van der Waals surface area contributed by atoms with Crippen LogP contribution >= 0.6 is 0 Å². The van der Waals surface area contributed by atoms with Crippen LogP contribution in [0.3, 0.4) is 0 Å². The number of aromatic nitrogens is 1. The lowest BCUT2D eigenvalue weighted by molar-refractivity contribution is 0.0932. The SMILES string of the molecule is COCCNC(=O)c1coc(CN(Cc2ccc(C)cc2)[C@@H](C)C(C)C)n1. The van der Waals surface area contributed by atoms with E-state index in [0.717, 1.165) is 6.54 Å². The molecule has 2 aromatic rings. The number of methoxy groups -OCH3 is 1.